The molecule has 3 aromatic rings. The Labute approximate surface area is 117 Å². The zero-order valence-corrected chi connectivity index (χ0v) is 10.6. The van der Waals surface area contributed by atoms with Crippen molar-refractivity contribution in [3.05, 3.63) is 60.6 Å². The van der Waals surface area contributed by atoms with Crippen LogP contribution in [0, 0.1) is 0 Å². The molecule has 0 fully saturated rings. The van der Waals surface area contributed by atoms with E-state index in [1.165, 1.54) is 23.0 Å². The van der Waals surface area contributed by atoms with Crippen LogP contribution in [-0.2, 0) is 6.18 Å². The molecule has 0 aliphatic heterocycles. The molecular weight excluding hydrogens is 281 g/mol. The summed E-state index contributed by atoms with van der Waals surface area (Å²) < 4.78 is 39.2. The average Bonchev–Trinajstić information content (AvgIpc) is 2.97. The average molecular weight is 290 g/mol. The normalized spacial score (nSPS) is 11.6. The highest BCUT2D eigenvalue weighted by atomic mass is 19.4. The minimum Gasteiger partial charge on any atom is -0.264 e. The van der Waals surface area contributed by atoms with Gasteiger partial charge in [0.1, 0.15) is 0 Å². The van der Waals surface area contributed by atoms with Crippen LogP contribution in [0.15, 0.2) is 55.0 Å². The predicted molar refractivity (Wildman–Crippen MR) is 69.6 cm³/mol. The van der Waals surface area contributed by atoms with E-state index in [0.29, 0.717) is 11.4 Å². The molecule has 0 unspecified atom stereocenters. The second-order valence-corrected chi connectivity index (χ2v) is 4.32. The zero-order valence-electron chi connectivity index (χ0n) is 10.6. The van der Waals surface area contributed by atoms with Gasteiger partial charge < -0.3 is 0 Å². The van der Waals surface area contributed by atoms with Gasteiger partial charge in [0.2, 0.25) is 0 Å². The Hall–Kier alpha value is -2.70. The maximum atomic E-state index is 12.6. The zero-order chi connectivity index (χ0) is 14.9. The smallest absolute Gasteiger partial charge is 0.264 e. The van der Waals surface area contributed by atoms with Crippen LogP contribution in [0.25, 0.3) is 16.9 Å². The van der Waals surface area contributed by atoms with Crippen LogP contribution in [0.5, 0.6) is 0 Å². The molecule has 0 bridgehead atoms. The number of nitrogens with zero attached hydrogens (tertiary/aromatic N) is 4. The third-order valence-corrected chi connectivity index (χ3v) is 2.95. The molecule has 4 nitrogen and oxygen atoms in total. The highest BCUT2D eigenvalue weighted by Crippen LogP contribution is 2.30. The van der Waals surface area contributed by atoms with Crippen molar-refractivity contribution >= 4 is 0 Å². The van der Waals surface area contributed by atoms with Crippen LogP contribution in [0.1, 0.15) is 5.56 Å². The molecular formula is C14H9F3N4. The van der Waals surface area contributed by atoms with Gasteiger partial charge in [0, 0.05) is 18.0 Å². The van der Waals surface area contributed by atoms with Crippen LogP contribution in [0.4, 0.5) is 13.2 Å². The second kappa shape index (κ2) is 5.01. The monoisotopic (exact) mass is 290 g/mol. The van der Waals surface area contributed by atoms with Gasteiger partial charge in [-0.2, -0.15) is 13.2 Å². The molecule has 0 amide bonds. The lowest BCUT2D eigenvalue weighted by Crippen LogP contribution is -2.06. The van der Waals surface area contributed by atoms with E-state index in [0.717, 1.165) is 17.7 Å². The van der Waals surface area contributed by atoms with Crippen molar-refractivity contribution in [1.82, 2.24) is 20.0 Å². The summed E-state index contributed by atoms with van der Waals surface area (Å²) in [4.78, 5) is 4.00. The van der Waals surface area contributed by atoms with Gasteiger partial charge in [-0.3, -0.25) is 4.98 Å². The largest absolute Gasteiger partial charge is 0.416 e. The Morgan fingerprint density at radius 2 is 1.71 bits per heavy atom. The maximum Gasteiger partial charge on any atom is 0.416 e. The summed E-state index contributed by atoms with van der Waals surface area (Å²) in [6.07, 6.45) is 0.455. The first kappa shape index (κ1) is 13.3. The van der Waals surface area contributed by atoms with Crippen molar-refractivity contribution in [2.45, 2.75) is 6.18 Å². The van der Waals surface area contributed by atoms with Crippen LogP contribution >= 0.6 is 0 Å². The number of benzene rings is 1. The maximum absolute atomic E-state index is 12.6. The third-order valence-electron chi connectivity index (χ3n) is 2.95. The van der Waals surface area contributed by atoms with E-state index >= 15 is 0 Å². The van der Waals surface area contributed by atoms with Gasteiger partial charge in [-0.1, -0.05) is 5.21 Å². The molecule has 2 heterocycles. The fourth-order valence-electron chi connectivity index (χ4n) is 1.93. The van der Waals surface area contributed by atoms with E-state index < -0.39 is 11.7 Å². The minimum atomic E-state index is -4.35. The number of halogens is 3. The fourth-order valence-corrected chi connectivity index (χ4v) is 1.93. The first-order valence-corrected chi connectivity index (χ1v) is 6.04. The number of alkyl halides is 3. The van der Waals surface area contributed by atoms with Crippen molar-refractivity contribution in [3.63, 3.8) is 0 Å². The predicted octanol–water partition coefficient (Wildman–Crippen LogP) is 3.35. The van der Waals surface area contributed by atoms with Gasteiger partial charge in [0.05, 0.1) is 23.1 Å². The lowest BCUT2D eigenvalue weighted by molar-refractivity contribution is -0.137. The van der Waals surface area contributed by atoms with Crippen LogP contribution in [-0.4, -0.2) is 20.0 Å². The molecule has 0 spiro atoms. The molecule has 3 rings (SSSR count). The first-order valence-electron chi connectivity index (χ1n) is 6.04. The van der Waals surface area contributed by atoms with Gasteiger partial charge in [-0.05, 0) is 36.4 Å². The molecule has 0 atom stereocenters. The minimum absolute atomic E-state index is 0.499. The SMILES string of the molecule is FC(F)(F)c1ccc(-n2nncc2-c2cccnc2)cc1. The van der Waals surface area contributed by atoms with E-state index in [2.05, 4.69) is 15.3 Å². The molecule has 21 heavy (non-hydrogen) atoms. The van der Waals surface area contributed by atoms with Gasteiger partial charge in [-0.25, -0.2) is 4.68 Å². The highest BCUT2D eigenvalue weighted by Gasteiger charge is 2.30. The number of rotatable bonds is 2. The van der Waals surface area contributed by atoms with E-state index in [9.17, 15) is 13.2 Å². The molecule has 0 N–H and O–H groups in total. The van der Waals surface area contributed by atoms with Crippen LogP contribution in [0.2, 0.25) is 0 Å². The molecule has 106 valence electrons. The van der Waals surface area contributed by atoms with Gasteiger partial charge in [-0.15, -0.1) is 5.10 Å². The molecule has 1 aromatic carbocycles. The number of hydrogen-bond donors (Lipinski definition) is 0. The molecule has 0 aliphatic rings. The van der Waals surface area contributed by atoms with Gasteiger partial charge in [0.25, 0.3) is 0 Å². The Morgan fingerprint density at radius 3 is 2.33 bits per heavy atom. The number of pyridine rings is 1. The topological polar surface area (TPSA) is 43.6 Å². The van der Waals surface area contributed by atoms with Crippen molar-refractivity contribution in [3.8, 4) is 16.9 Å². The molecule has 2 aromatic heterocycles. The summed E-state index contributed by atoms with van der Waals surface area (Å²) in [6, 6.07) is 8.34. The fraction of sp³-hybridized carbons (Fsp3) is 0.0714. The van der Waals surface area contributed by atoms with E-state index in [1.54, 1.807) is 18.5 Å². The lowest BCUT2D eigenvalue weighted by atomic mass is 10.2. The Morgan fingerprint density at radius 1 is 0.952 bits per heavy atom. The summed E-state index contributed by atoms with van der Waals surface area (Å²) in [7, 11) is 0. The summed E-state index contributed by atoms with van der Waals surface area (Å²) in [5, 5.41) is 7.72. The van der Waals surface area contributed by atoms with Crippen molar-refractivity contribution in [1.29, 1.82) is 0 Å². The highest BCUT2D eigenvalue weighted by molar-refractivity contribution is 5.59. The Balaban J connectivity index is 2.01. The van der Waals surface area contributed by atoms with Crippen molar-refractivity contribution < 1.29 is 13.2 Å². The van der Waals surface area contributed by atoms with Gasteiger partial charge >= 0.3 is 6.18 Å². The van der Waals surface area contributed by atoms with Crippen LogP contribution in [0.3, 0.4) is 0 Å². The summed E-state index contributed by atoms with van der Waals surface area (Å²) in [6.45, 7) is 0. The Kier molecular flexibility index (Phi) is 3.17. The van der Waals surface area contributed by atoms with Crippen LogP contribution < -0.4 is 0 Å². The number of hydrogen-bond acceptors (Lipinski definition) is 3. The third kappa shape index (κ3) is 2.62. The van der Waals surface area contributed by atoms with Gasteiger partial charge in [0.15, 0.2) is 0 Å². The Bertz CT molecular complexity index is 733. The van der Waals surface area contributed by atoms with E-state index in [1.807, 2.05) is 6.07 Å². The van der Waals surface area contributed by atoms with E-state index in [-0.39, 0.29) is 0 Å². The quantitative estimate of drug-likeness (QED) is 0.727. The lowest BCUT2D eigenvalue weighted by Gasteiger charge is -2.09. The number of aromatic nitrogens is 4. The molecule has 7 heteroatoms. The molecule has 0 aliphatic carbocycles. The van der Waals surface area contributed by atoms with Crippen molar-refractivity contribution in [2.75, 3.05) is 0 Å². The van der Waals surface area contributed by atoms with Crippen molar-refractivity contribution in [2.24, 2.45) is 0 Å². The first-order chi connectivity index (χ1) is 10.1. The summed E-state index contributed by atoms with van der Waals surface area (Å²) >= 11 is 0. The molecule has 0 saturated carbocycles. The molecule has 0 radical (unpaired) electrons. The molecule has 0 saturated heterocycles. The van der Waals surface area contributed by atoms with E-state index in [4.69, 9.17) is 0 Å². The summed E-state index contributed by atoms with van der Waals surface area (Å²) in [5.74, 6) is 0. The summed E-state index contributed by atoms with van der Waals surface area (Å²) in [5.41, 5.74) is 1.24. The second-order valence-electron chi connectivity index (χ2n) is 4.32. The standard InChI is InChI=1S/C14H9F3N4/c15-14(16,17)11-3-5-12(6-4-11)21-13(9-19-20-21)10-2-1-7-18-8-10/h1-9H.